The summed E-state index contributed by atoms with van der Waals surface area (Å²) in [5.41, 5.74) is 6.54. The topological polar surface area (TPSA) is 84.2 Å². The van der Waals surface area contributed by atoms with Gasteiger partial charge in [-0.2, -0.15) is 0 Å². The van der Waals surface area contributed by atoms with Crippen LogP contribution in [-0.2, 0) is 4.79 Å². The fourth-order valence-electron chi connectivity index (χ4n) is 1.33. The van der Waals surface area contributed by atoms with Gasteiger partial charge >= 0.3 is 0 Å². The second-order valence-corrected chi connectivity index (χ2v) is 4.72. The predicted molar refractivity (Wildman–Crippen MR) is 74.2 cm³/mol. The minimum absolute atomic E-state index is 0.0365. The molecule has 98 valence electrons. The minimum atomic E-state index is -0.324. The van der Waals surface area contributed by atoms with Crippen molar-refractivity contribution in [1.29, 1.82) is 0 Å². The lowest BCUT2D eigenvalue weighted by molar-refractivity contribution is -0.120. The summed E-state index contributed by atoms with van der Waals surface area (Å²) in [6.45, 7) is 2.53. The van der Waals surface area contributed by atoms with E-state index in [0.29, 0.717) is 17.8 Å². The number of nitrogen functional groups attached to an aromatic ring is 1. The van der Waals surface area contributed by atoms with Gasteiger partial charge in [0.05, 0.1) is 6.54 Å². The highest BCUT2D eigenvalue weighted by Gasteiger charge is 2.08. The van der Waals surface area contributed by atoms with Crippen molar-refractivity contribution in [1.82, 2.24) is 10.6 Å². The Morgan fingerprint density at radius 1 is 1.28 bits per heavy atom. The summed E-state index contributed by atoms with van der Waals surface area (Å²) in [4.78, 5) is 23.1. The molecule has 0 fully saturated rings. The van der Waals surface area contributed by atoms with E-state index in [1.54, 1.807) is 18.2 Å². The zero-order valence-electron chi connectivity index (χ0n) is 10.1. The van der Waals surface area contributed by atoms with E-state index in [1.807, 2.05) is 6.92 Å². The molecule has 0 aromatic heterocycles. The maximum Gasteiger partial charge on any atom is 0.251 e. The van der Waals surface area contributed by atoms with Gasteiger partial charge in [0.1, 0.15) is 0 Å². The molecule has 0 aliphatic rings. The van der Waals surface area contributed by atoms with Gasteiger partial charge in [-0.25, -0.2) is 0 Å². The lowest BCUT2D eigenvalue weighted by Gasteiger charge is -2.07. The third-order valence-corrected chi connectivity index (χ3v) is 2.62. The van der Waals surface area contributed by atoms with Crippen LogP contribution in [-0.4, -0.2) is 24.9 Å². The van der Waals surface area contributed by atoms with E-state index in [1.165, 1.54) is 0 Å². The lowest BCUT2D eigenvalue weighted by Crippen LogP contribution is -2.37. The van der Waals surface area contributed by atoms with Crippen molar-refractivity contribution in [2.75, 3.05) is 18.8 Å². The summed E-state index contributed by atoms with van der Waals surface area (Å²) >= 11 is 3.26. The van der Waals surface area contributed by atoms with E-state index < -0.39 is 0 Å². The minimum Gasteiger partial charge on any atom is -0.399 e. The third-order valence-electron chi connectivity index (χ3n) is 2.16. The predicted octanol–water partition coefficient (Wildman–Crippen LogP) is 1.29. The number of rotatable bonds is 5. The molecule has 1 aromatic rings. The number of carbonyl (C=O) groups is 2. The molecule has 0 aliphatic carbocycles. The Morgan fingerprint density at radius 3 is 2.61 bits per heavy atom. The molecule has 0 aliphatic heterocycles. The molecule has 1 aromatic carbocycles. The SMILES string of the molecule is CCCNC(=O)CNC(=O)c1cc(N)cc(Br)c1. The standard InChI is InChI=1S/C12H16BrN3O2/c1-2-3-15-11(17)7-16-12(18)8-4-9(13)6-10(14)5-8/h4-6H,2-3,7,14H2,1H3,(H,15,17)(H,16,18). The zero-order chi connectivity index (χ0) is 13.5. The first kappa shape index (κ1) is 14.5. The first-order valence-corrected chi connectivity index (χ1v) is 6.43. The highest BCUT2D eigenvalue weighted by Crippen LogP contribution is 2.17. The lowest BCUT2D eigenvalue weighted by atomic mass is 10.2. The Morgan fingerprint density at radius 2 is 2.00 bits per heavy atom. The molecule has 0 heterocycles. The van der Waals surface area contributed by atoms with Crippen molar-refractivity contribution in [3.05, 3.63) is 28.2 Å². The molecule has 0 bridgehead atoms. The van der Waals surface area contributed by atoms with E-state index in [0.717, 1.165) is 10.9 Å². The smallest absolute Gasteiger partial charge is 0.251 e. The second-order valence-electron chi connectivity index (χ2n) is 3.81. The van der Waals surface area contributed by atoms with Crippen LogP contribution in [0.4, 0.5) is 5.69 Å². The number of hydrogen-bond donors (Lipinski definition) is 3. The van der Waals surface area contributed by atoms with Gasteiger partial charge < -0.3 is 16.4 Å². The van der Waals surface area contributed by atoms with Crippen molar-refractivity contribution in [3.63, 3.8) is 0 Å². The molecular weight excluding hydrogens is 298 g/mol. The third kappa shape index (κ3) is 4.75. The summed E-state index contributed by atoms with van der Waals surface area (Å²) in [5, 5.41) is 5.21. The Balaban J connectivity index is 2.52. The number of anilines is 1. The van der Waals surface area contributed by atoms with Crippen LogP contribution < -0.4 is 16.4 Å². The number of carbonyl (C=O) groups excluding carboxylic acids is 2. The molecule has 0 atom stereocenters. The van der Waals surface area contributed by atoms with Crippen LogP contribution in [0.2, 0.25) is 0 Å². The van der Waals surface area contributed by atoms with Crippen LogP contribution in [0.5, 0.6) is 0 Å². The fraction of sp³-hybridized carbons (Fsp3) is 0.333. The summed E-state index contributed by atoms with van der Waals surface area (Å²) in [7, 11) is 0. The summed E-state index contributed by atoms with van der Waals surface area (Å²) in [6, 6.07) is 4.91. The average molecular weight is 314 g/mol. The van der Waals surface area contributed by atoms with E-state index in [9.17, 15) is 9.59 Å². The van der Waals surface area contributed by atoms with Gasteiger partial charge in [-0.1, -0.05) is 22.9 Å². The number of nitrogens with one attached hydrogen (secondary N) is 2. The quantitative estimate of drug-likeness (QED) is 0.716. The van der Waals surface area contributed by atoms with Crippen molar-refractivity contribution in [3.8, 4) is 0 Å². The van der Waals surface area contributed by atoms with Crippen LogP contribution in [0.1, 0.15) is 23.7 Å². The van der Waals surface area contributed by atoms with Gasteiger partial charge in [0.25, 0.3) is 5.91 Å². The molecule has 0 saturated carbocycles. The van der Waals surface area contributed by atoms with Crippen LogP contribution in [0.3, 0.4) is 0 Å². The van der Waals surface area contributed by atoms with Gasteiger partial charge in [-0.3, -0.25) is 9.59 Å². The molecular formula is C12H16BrN3O2. The Bertz CT molecular complexity index is 429. The zero-order valence-corrected chi connectivity index (χ0v) is 11.7. The molecule has 0 spiro atoms. The molecule has 0 unspecified atom stereocenters. The Hall–Kier alpha value is -1.56. The fourth-order valence-corrected chi connectivity index (χ4v) is 1.84. The highest BCUT2D eigenvalue weighted by molar-refractivity contribution is 9.10. The number of amides is 2. The molecule has 1 rings (SSSR count). The van der Waals surface area contributed by atoms with Crippen LogP contribution in [0, 0.1) is 0 Å². The maximum atomic E-state index is 11.8. The monoisotopic (exact) mass is 313 g/mol. The van der Waals surface area contributed by atoms with E-state index in [4.69, 9.17) is 5.73 Å². The van der Waals surface area contributed by atoms with Crippen LogP contribution in [0.25, 0.3) is 0 Å². The molecule has 4 N–H and O–H groups in total. The molecule has 6 heteroatoms. The van der Waals surface area contributed by atoms with Crippen molar-refractivity contribution in [2.45, 2.75) is 13.3 Å². The highest BCUT2D eigenvalue weighted by atomic mass is 79.9. The van der Waals surface area contributed by atoms with Gasteiger partial charge in [0.15, 0.2) is 0 Å². The first-order chi connectivity index (χ1) is 8.52. The van der Waals surface area contributed by atoms with E-state index in [-0.39, 0.29) is 18.4 Å². The first-order valence-electron chi connectivity index (χ1n) is 5.64. The van der Waals surface area contributed by atoms with E-state index >= 15 is 0 Å². The number of halogens is 1. The van der Waals surface area contributed by atoms with Gasteiger partial charge in [-0.15, -0.1) is 0 Å². The van der Waals surface area contributed by atoms with Crippen molar-refractivity contribution >= 4 is 33.4 Å². The molecule has 0 saturated heterocycles. The molecule has 18 heavy (non-hydrogen) atoms. The Labute approximate surface area is 114 Å². The normalized spacial score (nSPS) is 9.89. The van der Waals surface area contributed by atoms with E-state index in [2.05, 4.69) is 26.6 Å². The summed E-state index contributed by atoms with van der Waals surface area (Å²) < 4.78 is 0.725. The number of hydrogen-bond acceptors (Lipinski definition) is 3. The average Bonchev–Trinajstić information content (AvgIpc) is 2.32. The summed E-state index contributed by atoms with van der Waals surface area (Å²) in [5.74, 6) is -0.525. The largest absolute Gasteiger partial charge is 0.399 e. The van der Waals surface area contributed by atoms with Gasteiger partial charge in [-0.05, 0) is 24.6 Å². The molecule has 5 nitrogen and oxygen atoms in total. The molecule has 0 radical (unpaired) electrons. The molecule has 2 amide bonds. The van der Waals surface area contributed by atoms with Crippen molar-refractivity contribution < 1.29 is 9.59 Å². The summed E-state index contributed by atoms with van der Waals surface area (Å²) in [6.07, 6.45) is 0.863. The Kier molecular flexibility index (Phi) is 5.64. The number of benzene rings is 1. The van der Waals surface area contributed by atoms with Gasteiger partial charge in [0, 0.05) is 22.3 Å². The van der Waals surface area contributed by atoms with Gasteiger partial charge in [0.2, 0.25) is 5.91 Å². The van der Waals surface area contributed by atoms with Crippen LogP contribution in [0.15, 0.2) is 22.7 Å². The number of nitrogens with two attached hydrogens (primary N) is 1. The maximum absolute atomic E-state index is 11.8. The second kappa shape index (κ2) is 7.00. The van der Waals surface area contributed by atoms with Crippen molar-refractivity contribution in [2.24, 2.45) is 0 Å². The van der Waals surface area contributed by atoms with Crippen LogP contribution >= 0.6 is 15.9 Å².